The summed E-state index contributed by atoms with van der Waals surface area (Å²) in [7, 11) is 0. The number of hydrogen-bond acceptors (Lipinski definition) is 2. The Balaban J connectivity index is 1.18. The Hall–Kier alpha value is -7.86. The summed E-state index contributed by atoms with van der Waals surface area (Å²) in [6, 6.07) is 66.0. The summed E-state index contributed by atoms with van der Waals surface area (Å²) in [5, 5.41) is 27.2. The van der Waals surface area contributed by atoms with Crippen LogP contribution in [0.25, 0.3) is 93.6 Å². The fourth-order valence-electron chi connectivity index (χ4n) is 8.75. The van der Waals surface area contributed by atoms with Crippen molar-refractivity contribution in [3.8, 4) is 40.3 Å². The first-order valence-corrected chi connectivity index (χ1v) is 18.3. The number of benzene rings is 8. The molecule has 0 atom stereocenters. The van der Waals surface area contributed by atoms with Crippen molar-refractivity contribution in [2.24, 2.45) is 0 Å². The Bertz CT molecular complexity index is 3420. The average molecular weight is 700 g/mol. The highest BCUT2D eigenvalue weighted by molar-refractivity contribution is 6.13. The molecule has 3 aromatic heterocycles. The standard InChI is InChI=1S/C50H29N5/c51-30-32-21-23-42-40-14-4-9-19-47(40)54(49(42)27-32)36-26-33(31-52)25-34(28-36)37-11-1-6-16-44(37)55-48-20-10-5-15-41(48)43-24-22-35(29-50(43)55)53-45-17-7-2-12-38(45)39-13-3-8-18-46(39)53/h1-29H. The van der Waals surface area contributed by atoms with Gasteiger partial charge in [-0.2, -0.15) is 10.5 Å². The third-order valence-electron chi connectivity index (χ3n) is 11.1. The fraction of sp³-hybridized carbons (Fsp3) is 0. The van der Waals surface area contributed by atoms with Crippen LogP contribution >= 0.6 is 0 Å². The summed E-state index contributed by atoms with van der Waals surface area (Å²) in [6.45, 7) is 0. The maximum atomic E-state index is 10.4. The predicted octanol–water partition coefficient (Wildman–Crippen LogP) is 12.4. The molecule has 3 heterocycles. The summed E-state index contributed by atoms with van der Waals surface area (Å²) >= 11 is 0. The normalized spacial score (nSPS) is 11.6. The van der Waals surface area contributed by atoms with Crippen molar-refractivity contribution in [1.82, 2.24) is 13.7 Å². The molecule has 11 rings (SSSR count). The van der Waals surface area contributed by atoms with Gasteiger partial charge in [0.2, 0.25) is 0 Å². The summed E-state index contributed by atoms with van der Waals surface area (Å²) in [5.74, 6) is 0. The first-order valence-electron chi connectivity index (χ1n) is 18.3. The van der Waals surface area contributed by atoms with E-state index in [1.54, 1.807) is 0 Å². The number of rotatable bonds is 4. The predicted molar refractivity (Wildman–Crippen MR) is 224 cm³/mol. The zero-order chi connectivity index (χ0) is 36.6. The molecule has 5 heteroatoms. The molecule has 0 amide bonds. The fourth-order valence-corrected chi connectivity index (χ4v) is 8.75. The van der Waals surface area contributed by atoms with Gasteiger partial charge < -0.3 is 13.7 Å². The Morgan fingerprint density at radius 1 is 0.327 bits per heavy atom. The van der Waals surface area contributed by atoms with Gasteiger partial charge in [-0.15, -0.1) is 0 Å². The monoisotopic (exact) mass is 699 g/mol. The summed E-state index contributed by atoms with van der Waals surface area (Å²) in [5.41, 5.74) is 12.5. The highest BCUT2D eigenvalue weighted by atomic mass is 15.0. The minimum atomic E-state index is 0.556. The first-order chi connectivity index (χ1) is 27.2. The SMILES string of the molecule is N#Cc1cc(-c2ccccc2-n2c3ccccc3c3ccc(-n4c5ccccc5c5ccccc54)cc32)cc(-n2c3ccccc3c3ccc(C#N)cc32)c1. The Morgan fingerprint density at radius 3 is 1.40 bits per heavy atom. The van der Waals surface area contributed by atoms with E-state index in [1.807, 2.05) is 42.5 Å². The van der Waals surface area contributed by atoms with Crippen LogP contribution in [0.2, 0.25) is 0 Å². The van der Waals surface area contributed by atoms with Crippen LogP contribution in [0.1, 0.15) is 11.1 Å². The van der Waals surface area contributed by atoms with E-state index in [0.717, 1.165) is 61.0 Å². The van der Waals surface area contributed by atoms with E-state index in [4.69, 9.17) is 0 Å². The van der Waals surface area contributed by atoms with E-state index >= 15 is 0 Å². The van der Waals surface area contributed by atoms with Gasteiger partial charge in [-0.05, 0) is 78.4 Å². The van der Waals surface area contributed by atoms with Crippen LogP contribution in [0, 0.1) is 22.7 Å². The summed E-state index contributed by atoms with van der Waals surface area (Å²) < 4.78 is 6.91. The zero-order valence-electron chi connectivity index (χ0n) is 29.5. The highest BCUT2D eigenvalue weighted by Gasteiger charge is 2.20. The minimum absolute atomic E-state index is 0.556. The van der Waals surface area contributed by atoms with Crippen LogP contribution in [0.15, 0.2) is 176 Å². The van der Waals surface area contributed by atoms with Crippen LogP contribution in [0.5, 0.6) is 0 Å². The second kappa shape index (κ2) is 11.8. The maximum absolute atomic E-state index is 10.4. The number of aromatic nitrogens is 3. The van der Waals surface area contributed by atoms with Crippen molar-refractivity contribution in [3.63, 3.8) is 0 Å². The molecule has 0 spiro atoms. The van der Waals surface area contributed by atoms with Crippen LogP contribution in [0.4, 0.5) is 0 Å². The third kappa shape index (κ3) is 4.51. The topological polar surface area (TPSA) is 62.4 Å². The quantitative estimate of drug-likeness (QED) is 0.184. The van der Waals surface area contributed by atoms with Gasteiger partial charge in [0.15, 0.2) is 0 Å². The summed E-state index contributed by atoms with van der Waals surface area (Å²) in [4.78, 5) is 0. The van der Waals surface area contributed by atoms with E-state index in [0.29, 0.717) is 11.1 Å². The van der Waals surface area contributed by atoms with E-state index in [2.05, 4.69) is 159 Å². The molecule has 0 aliphatic rings. The van der Waals surface area contributed by atoms with E-state index in [1.165, 1.54) is 32.6 Å². The smallest absolute Gasteiger partial charge is 0.0992 e. The molecule has 5 nitrogen and oxygen atoms in total. The number of para-hydroxylation sites is 5. The Morgan fingerprint density at radius 2 is 0.800 bits per heavy atom. The van der Waals surface area contributed by atoms with Crippen LogP contribution < -0.4 is 0 Å². The lowest BCUT2D eigenvalue weighted by Crippen LogP contribution is -2.00. The molecule has 0 bridgehead atoms. The first kappa shape index (κ1) is 30.7. The van der Waals surface area contributed by atoms with Gasteiger partial charge in [0.05, 0.1) is 62.1 Å². The van der Waals surface area contributed by atoms with Crippen molar-refractivity contribution in [1.29, 1.82) is 10.5 Å². The van der Waals surface area contributed by atoms with E-state index in [-0.39, 0.29) is 0 Å². The summed E-state index contributed by atoms with van der Waals surface area (Å²) in [6.07, 6.45) is 0. The van der Waals surface area contributed by atoms with Gasteiger partial charge in [-0.3, -0.25) is 0 Å². The molecule has 0 saturated carbocycles. The van der Waals surface area contributed by atoms with Gasteiger partial charge in [-0.25, -0.2) is 0 Å². The highest BCUT2D eigenvalue weighted by Crippen LogP contribution is 2.40. The largest absolute Gasteiger partial charge is 0.309 e. The van der Waals surface area contributed by atoms with Crippen LogP contribution in [-0.2, 0) is 0 Å². The molecule has 0 aliphatic carbocycles. The molecular formula is C50H29N5. The number of nitrogens with zero attached hydrogens (tertiary/aromatic N) is 5. The molecule has 254 valence electrons. The van der Waals surface area contributed by atoms with Gasteiger partial charge in [0.1, 0.15) is 0 Å². The molecule has 8 aromatic carbocycles. The van der Waals surface area contributed by atoms with Crippen molar-refractivity contribution in [2.75, 3.05) is 0 Å². The molecule has 11 aromatic rings. The van der Waals surface area contributed by atoms with Gasteiger partial charge in [-0.1, -0.05) is 103 Å². The van der Waals surface area contributed by atoms with E-state index < -0.39 is 0 Å². The molecular weight excluding hydrogens is 671 g/mol. The van der Waals surface area contributed by atoms with Gasteiger partial charge in [0.25, 0.3) is 0 Å². The van der Waals surface area contributed by atoms with Crippen molar-refractivity contribution >= 4 is 65.4 Å². The van der Waals surface area contributed by atoms with Crippen molar-refractivity contribution in [2.45, 2.75) is 0 Å². The van der Waals surface area contributed by atoms with Crippen molar-refractivity contribution < 1.29 is 0 Å². The van der Waals surface area contributed by atoms with Crippen LogP contribution in [-0.4, -0.2) is 13.7 Å². The number of nitriles is 2. The molecule has 0 saturated heterocycles. The third-order valence-corrected chi connectivity index (χ3v) is 11.1. The second-order valence-electron chi connectivity index (χ2n) is 14.0. The number of fused-ring (bicyclic) bond motifs is 9. The van der Waals surface area contributed by atoms with Crippen LogP contribution in [0.3, 0.4) is 0 Å². The van der Waals surface area contributed by atoms with Gasteiger partial charge in [0, 0.05) is 49.3 Å². The molecule has 0 fully saturated rings. The molecule has 0 unspecified atom stereocenters. The molecule has 55 heavy (non-hydrogen) atoms. The van der Waals surface area contributed by atoms with Crippen molar-refractivity contribution in [3.05, 3.63) is 187 Å². The maximum Gasteiger partial charge on any atom is 0.0992 e. The number of hydrogen-bond donors (Lipinski definition) is 0. The Labute approximate surface area is 316 Å². The lowest BCUT2D eigenvalue weighted by atomic mass is 10.00. The molecule has 0 radical (unpaired) electrons. The Kier molecular flexibility index (Phi) is 6.61. The zero-order valence-corrected chi connectivity index (χ0v) is 29.5. The molecule has 0 N–H and O–H groups in total. The lowest BCUT2D eigenvalue weighted by Gasteiger charge is -2.17. The van der Waals surface area contributed by atoms with Gasteiger partial charge >= 0.3 is 0 Å². The lowest BCUT2D eigenvalue weighted by molar-refractivity contribution is 1.15. The minimum Gasteiger partial charge on any atom is -0.309 e. The second-order valence-corrected chi connectivity index (χ2v) is 14.0. The average Bonchev–Trinajstić information content (AvgIpc) is 3.88. The van der Waals surface area contributed by atoms with E-state index in [9.17, 15) is 10.5 Å². The molecule has 0 aliphatic heterocycles.